The predicted molar refractivity (Wildman–Crippen MR) is 106 cm³/mol. The number of aromatic nitrogens is 2. The Labute approximate surface area is 161 Å². The van der Waals surface area contributed by atoms with E-state index < -0.39 is 0 Å². The molecule has 0 aliphatic carbocycles. The molecule has 0 saturated carbocycles. The van der Waals surface area contributed by atoms with Gasteiger partial charge in [0.1, 0.15) is 11.4 Å². The minimum atomic E-state index is -0.169. The van der Waals surface area contributed by atoms with Crippen LogP contribution in [0.4, 0.5) is 11.6 Å². The Bertz CT molecular complexity index is 648. The van der Waals surface area contributed by atoms with E-state index in [-0.39, 0.29) is 18.1 Å². The van der Waals surface area contributed by atoms with Crippen molar-refractivity contribution in [1.82, 2.24) is 25.7 Å². The summed E-state index contributed by atoms with van der Waals surface area (Å²) in [5.74, 6) is 1.41. The summed E-state index contributed by atoms with van der Waals surface area (Å²) in [4.78, 5) is 15.4. The molecule has 3 atom stereocenters. The average molecular weight is 380 g/mol. The number of carbonyl (C=O) groups is 1. The number of nitrogens with two attached hydrogens (primary N) is 1. The van der Waals surface area contributed by atoms with E-state index in [2.05, 4.69) is 32.9 Å². The number of nitrogens with zero attached hydrogens (tertiary/aromatic N) is 3. The smallest absolute Gasteiger partial charge is 0.259 e. The molecule has 2 aliphatic rings. The zero-order chi connectivity index (χ0) is 19.4. The molecule has 1 amide bonds. The highest BCUT2D eigenvalue weighted by Gasteiger charge is 2.34. The Morgan fingerprint density at radius 1 is 1.44 bits per heavy atom. The molecule has 0 aromatic carbocycles. The number of hydrogen-bond donors (Lipinski definition) is 4. The molecule has 1 saturated heterocycles. The second-order valence-electron chi connectivity index (χ2n) is 7.48. The van der Waals surface area contributed by atoms with Gasteiger partial charge in [-0.2, -0.15) is 5.10 Å². The predicted octanol–water partition coefficient (Wildman–Crippen LogP) is -0.362. The van der Waals surface area contributed by atoms with Crippen LogP contribution < -0.4 is 26.6 Å². The van der Waals surface area contributed by atoms with E-state index >= 15 is 0 Å². The standard InChI is InChI=1S/C18H33N7O2/c1-4-7-24-10-12(8-20-2)11-25-18(24)15(16(19)23-25)17(26)22-13-9-21-6-5-14(13)27-3/h12-14,20-21H,4-11H2,1-3H3,(H2,19,23)(H,22,26). The summed E-state index contributed by atoms with van der Waals surface area (Å²) in [5.41, 5.74) is 6.68. The lowest BCUT2D eigenvalue weighted by molar-refractivity contribution is 0.0448. The quantitative estimate of drug-likeness (QED) is 0.512. The molecule has 0 spiro atoms. The third kappa shape index (κ3) is 4.20. The molecule has 9 heteroatoms. The number of nitrogen functional groups attached to an aromatic ring is 1. The van der Waals surface area contributed by atoms with Gasteiger partial charge < -0.3 is 31.3 Å². The lowest BCUT2D eigenvalue weighted by Crippen LogP contribution is -2.54. The van der Waals surface area contributed by atoms with Gasteiger partial charge in [-0.05, 0) is 26.4 Å². The molecule has 3 rings (SSSR count). The van der Waals surface area contributed by atoms with Crippen molar-refractivity contribution < 1.29 is 9.53 Å². The Kier molecular flexibility index (Phi) is 6.56. The first-order valence-corrected chi connectivity index (χ1v) is 9.89. The van der Waals surface area contributed by atoms with Crippen LogP contribution in [0.15, 0.2) is 0 Å². The monoisotopic (exact) mass is 379 g/mol. The SMILES string of the molecule is CCCN1CC(CNC)Cn2nc(N)c(C(=O)NC3CNCCC3OC)c21. The van der Waals surface area contributed by atoms with E-state index in [4.69, 9.17) is 10.5 Å². The van der Waals surface area contributed by atoms with Gasteiger partial charge in [0.25, 0.3) is 5.91 Å². The summed E-state index contributed by atoms with van der Waals surface area (Å²) in [6.45, 7) is 7.17. The van der Waals surface area contributed by atoms with Crippen molar-refractivity contribution >= 4 is 17.5 Å². The van der Waals surface area contributed by atoms with Crippen LogP contribution in [0.3, 0.4) is 0 Å². The first kappa shape index (κ1) is 19.9. The van der Waals surface area contributed by atoms with Gasteiger partial charge in [-0.3, -0.25) is 4.79 Å². The Balaban J connectivity index is 1.84. The van der Waals surface area contributed by atoms with E-state index in [9.17, 15) is 4.79 Å². The lowest BCUT2D eigenvalue weighted by Gasteiger charge is -2.35. The molecule has 0 radical (unpaired) electrons. The van der Waals surface area contributed by atoms with Crippen LogP contribution in [-0.2, 0) is 11.3 Å². The first-order chi connectivity index (χ1) is 13.1. The highest BCUT2D eigenvalue weighted by atomic mass is 16.5. The van der Waals surface area contributed by atoms with Crippen LogP contribution in [0.5, 0.6) is 0 Å². The topological polar surface area (TPSA) is 109 Å². The molecule has 0 bridgehead atoms. The van der Waals surface area contributed by atoms with Crippen molar-refractivity contribution in [3.8, 4) is 0 Å². The molecule has 3 heterocycles. The van der Waals surface area contributed by atoms with Crippen LogP contribution in [0.2, 0.25) is 0 Å². The fraction of sp³-hybridized carbons (Fsp3) is 0.778. The molecular weight excluding hydrogens is 346 g/mol. The lowest BCUT2D eigenvalue weighted by atomic mass is 10.0. The Morgan fingerprint density at radius 2 is 2.26 bits per heavy atom. The molecular formula is C18H33N7O2. The van der Waals surface area contributed by atoms with Gasteiger partial charge in [0.2, 0.25) is 0 Å². The summed E-state index contributed by atoms with van der Waals surface area (Å²) in [6, 6.07) is -0.0774. The second kappa shape index (κ2) is 8.90. The van der Waals surface area contributed by atoms with Crippen molar-refractivity contribution in [2.45, 2.75) is 38.5 Å². The van der Waals surface area contributed by atoms with Crippen LogP contribution >= 0.6 is 0 Å². The molecule has 1 fully saturated rings. The van der Waals surface area contributed by atoms with E-state index in [1.807, 2.05) is 11.7 Å². The van der Waals surface area contributed by atoms with Crippen LogP contribution in [0.1, 0.15) is 30.1 Å². The Hall–Kier alpha value is -1.84. The molecule has 5 N–H and O–H groups in total. The molecule has 152 valence electrons. The maximum atomic E-state index is 13.1. The summed E-state index contributed by atoms with van der Waals surface area (Å²) < 4.78 is 7.44. The zero-order valence-electron chi connectivity index (χ0n) is 16.6. The minimum absolute atomic E-state index is 0.00887. The van der Waals surface area contributed by atoms with Crippen LogP contribution in [-0.4, -0.2) is 74.7 Å². The first-order valence-electron chi connectivity index (χ1n) is 9.89. The van der Waals surface area contributed by atoms with E-state index in [0.717, 1.165) is 51.4 Å². The summed E-state index contributed by atoms with van der Waals surface area (Å²) in [5, 5.41) is 14.2. The molecule has 9 nitrogen and oxygen atoms in total. The van der Waals surface area contributed by atoms with Gasteiger partial charge in [-0.25, -0.2) is 4.68 Å². The van der Waals surface area contributed by atoms with Crippen molar-refractivity contribution in [2.24, 2.45) is 5.92 Å². The normalized spacial score (nSPS) is 25.3. The number of amides is 1. The van der Waals surface area contributed by atoms with Crippen molar-refractivity contribution in [3.05, 3.63) is 5.56 Å². The number of piperidine rings is 1. The molecule has 1 aromatic rings. The fourth-order valence-corrected chi connectivity index (χ4v) is 4.22. The molecule has 3 unspecified atom stereocenters. The van der Waals surface area contributed by atoms with Gasteiger partial charge in [0.05, 0.1) is 12.1 Å². The number of carbonyl (C=O) groups excluding carboxylic acids is 1. The minimum Gasteiger partial charge on any atom is -0.381 e. The van der Waals surface area contributed by atoms with Gasteiger partial charge in [-0.15, -0.1) is 0 Å². The van der Waals surface area contributed by atoms with Gasteiger partial charge >= 0.3 is 0 Å². The maximum Gasteiger partial charge on any atom is 0.259 e. The highest BCUT2D eigenvalue weighted by molar-refractivity contribution is 6.03. The van der Waals surface area contributed by atoms with E-state index in [1.165, 1.54) is 0 Å². The van der Waals surface area contributed by atoms with Crippen molar-refractivity contribution in [3.63, 3.8) is 0 Å². The number of ether oxygens (including phenoxy) is 1. The number of fused-ring (bicyclic) bond motifs is 1. The van der Waals surface area contributed by atoms with Crippen molar-refractivity contribution in [1.29, 1.82) is 0 Å². The summed E-state index contributed by atoms with van der Waals surface area (Å²) in [6.07, 6.45) is 1.88. The highest BCUT2D eigenvalue weighted by Crippen LogP contribution is 2.31. The molecule has 1 aromatic heterocycles. The second-order valence-corrected chi connectivity index (χ2v) is 7.48. The van der Waals surface area contributed by atoms with Gasteiger partial charge in [0, 0.05) is 45.8 Å². The third-order valence-electron chi connectivity index (χ3n) is 5.41. The third-order valence-corrected chi connectivity index (χ3v) is 5.41. The maximum absolute atomic E-state index is 13.1. The van der Waals surface area contributed by atoms with Gasteiger partial charge in [-0.1, -0.05) is 6.92 Å². The van der Waals surface area contributed by atoms with Crippen LogP contribution in [0, 0.1) is 5.92 Å². The fourth-order valence-electron chi connectivity index (χ4n) is 4.22. The number of anilines is 2. The number of rotatable bonds is 7. The van der Waals surface area contributed by atoms with E-state index in [1.54, 1.807) is 7.11 Å². The van der Waals surface area contributed by atoms with Crippen LogP contribution in [0.25, 0.3) is 0 Å². The summed E-state index contributed by atoms with van der Waals surface area (Å²) in [7, 11) is 3.65. The van der Waals surface area contributed by atoms with Crippen molar-refractivity contribution in [2.75, 3.05) is 57.5 Å². The number of methoxy groups -OCH3 is 1. The number of nitrogens with one attached hydrogen (secondary N) is 3. The number of hydrogen-bond acceptors (Lipinski definition) is 7. The van der Waals surface area contributed by atoms with E-state index in [0.29, 0.717) is 23.8 Å². The Morgan fingerprint density at radius 3 is 2.96 bits per heavy atom. The molecule has 27 heavy (non-hydrogen) atoms. The van der Waals surface area contributed by atoms with Gasteiger partial charge in [0.15, 0.2) is 5.82 Å². The largest absolute Gasteiger partial charge is 0.381 e. The summed E-state index contributed by atoms with van der Waals surface area (Å²) >= 11 is 0. The average Bonchev–Trinajstić information content (AvgIpc) is 2.99. The molecule has 2 aliphatic heterocycles. The zero-order valence-corrected chi connectivity index (χ0v) is 16.6.